The van der Waals surface area contributed by atoms with Crippen LogP contribution < -0.4 is 11.1 Å². The van der Waals surface area contributed by atoms with Gasteiger partial charge in [0.25, 0.3) is 11.1 Å². The van der Waals surface area contributed by atoms with Crippen molar-refractivity contribution < 1.29 is 0 Å². The smallest absolute Gasteiger partial charge is 0.277 e. The molecule has 0 spiro atoms. The fourth-order valence-corrected chi connectivity index (χ4v) is 3.16. The SMILES string of the molecule is CCn1c(=O)c2ccccc2n2c(Cn3ncc(Cl)c(Cl)c3=O)nnc12. The van der Waals surface area contributed by atoms with E-state index in [-0.39, 0.29) is 22.1 Å². The fraction of sp³-hybridized carbons (Fsp3) is 0.188. The average Bonchev–Trinajstić information content (AvgIpc) is 3.06. The molecular formula is C16H12Cl2N6O2. The zero-order valence-corrected chi connectivity index (χ0v) is 15.1. The molecule has 0 aliphatic carbocycles. The van der Waals surface area contributed by atoms with Gasteiger partial charge >= 0.3 is 0 Å². The van der Waals surface area contributed by atoms with Crippen LogP contribution in [-0.2, 0) is 13.1 Å². The molecule has 3 aromatic heterocycles. The van der Waals surface area contributed by atoms with E-state index in [2.05, 4.69) is 15.3 Å². The summed E-state index contributed by atoms with van der Waals surface area (Å²) in [6, 6.07) is 7.17. The summed E-state index contributed by atoms with van der Waals surface area (Å²) in [6.45, 7) is 2.33. The first kappa shape index (κ1) is 16.7. The largest absolute Gasteiger partial charge is 0.287 e. The van der Waals surface area contributed by atoms with Crippen molar-refractivity contribution in [3.63, 3.8) is 0 Å². The Hall–Kier alpha value is -2.71. The summed E-state index contributed by atoms with van der Waals surface area (Å²) in [7, 11) is 0. The Bertz CT molecular complexity index is 1270. The van der Waals surface area contributed by atoms with Crippen molar-refractivity contribution in [1.29, 1.82) is 0 Å². The molecule has 0 saturated heterocycles. The van der Waals surface area contributed by atoms with Crippen molar-refractivity contribution in [1.82, 2.24) is 28.9 Å². The van der Waals surface area contributed by atoms with Gasteiger partial charge in [0.05, 0.1) is 22.1 Å². The molecule has 132 valence electrons. The zero-order valence-electron chi connectivity index (χ0n) is 13.6. The van der Waals surface area contributed by atoms with Crippen LogP contribution in [0.3, 0.4) is 0 Å². The van der Waals surface area contributed by atoms with Gasteiger partial charge in [0.2, 0.25) is 5.78 Å². The molecule has 26 heavy (non-hydrogen) atoms. The third-order valence-electron chi connectivity index (χ3n) is 4.12. The average molecular weight is 391 g/mol. The molecule has 0 bridgehead atoms. The minimum atomic E-state index is -0.524. The maximum Gasteiger partial charge on any atom is 0.287 e. The van der Waals surface area contributed by atoms with Crippen LogP contribution in [0.4, 0.5) is 0 Å². The van der Waals surface area contributed by atoms with Crippen molar-refractivity contribution in [3.05, 3.63) is 67.0 Å². The summed E-state index contributed by atoms with van der Waals surface area (Å²) < 4.78 is 4.43. The van der Waals surface area contributed by atoms with Gasteiger partial charge in [-0.05, 0) is 19.1 Å². The van der Waals surface area contributed by atoms with Gasteiger partial charge in [-0.1, -0.05) is 35.3 Å². The Morgan fingerprint density at radius 2 is 1.85 bits per heavy atom. The lowest BCUT2D eigenvalue weighted by Crippen LogP contribution is -2.26. The highest BCUT2D eigenvalue weighted by atomic mass is 35.5. The van der Waals surface area contributed by atoms with Crippen LogP contribution in [-0.4, -0.2) is 28.9 Å². The molecule has 8 nitrogen and oxygen atoms in total. The summed E-state index contributed by atoms with van der Waals surface area (Å²) >= 11 is 11.7. The van der Waals surface area contributed by atoms with Gasteiger partial charge in [-0.2, -0.15) is 5.10 Å². The summed E-state index contributed by atoms with van der Waals surface area (Å²) in [5.74, 6) is 0.852. The topological polar surface area (TPSA) is 87.1 Å². The van der Waals surface area contributed by atoms with E-state index in [1.54, 1.807) is 16.5 Å². The maximum atomic E-state index is 12.7. The molecule has 0 aliphatic rings. The number of benzene rings is 1. The molecule has 0 atom stereocenters. The molecule has 3 heterocycles. The summed E-state index contributed by atoms with van der Waals surface area (Å²) in [6.07, 6.45) is 1.30. The van der Waals surface area contributed by atoms with Crippen molar-refractivity contribution in [2.75, 3.05) is 0 Å². The Kier molecular flexibility index (Phi) is 4.01. The Balaban J connectivity index is 2.01. The molecule has 1 aromatic carbocycles. The number of hydrogen-bond acceptors (Lipinski definition) is 5. The maximum absolute atomic E-state index is 12.7. The predicted octanol–water partition coefficient (Wildman–Crippen LogP) is 1.98. The number of aryl methyl sites for hydroxylation is 1. The molecule has 0 saturated carbocycles. The van der Waals surface area contributed by atoms with Crippen LogP contribution in [0, 0.1) is 0 Å². The van der Waals surface area contributed by atoms with Gasteiger partial charge < -0.3 is 0 Å². The van der Waals surface area contributed by atoms with Gasteiger partial charge in [0.15, 0.2) is 5.82 Å². The minimum Gasteiger partial charge on any atom is -0.277 e. The predicted molar refractivity (Wildman–Crippen MR) is 98.0 cm³/mol. The number of hydrogen-bond donors (Lipinski definition) is 0. The van der Waals surface area contributed by atoms with Gasteiger partial charge in [0.1, 0.15) is 11.6 Å². The number of fused-ring (bicyclic) bond motifs is 3. The molecular weight excluding hydrogens is 379 g/mol. The van der Waals surface area contributed by atoms with E-state index in [0.29, 0.717) is 29.0 Å². The van der Waals surface area contributed by atoms with Crippen molar-refractivity contribution in [2.45, 2.75) is 20.0 Å². The molecule has 0 radical (unpaired) electrons. The van der Waals surface area contributed by atoms with Crippen LogP contribution in [0.5, 0.6) is 0 Å². The van der Waals surface area contributed by atoms with Crippen LogP contribution in [0.15, 0.2) is 40.1 Å². The highest BCUT2D eigenvalue weighted by Gasteiger charge is 2.17. The van der Waals surface area contributed by atoms with Crippen LogP contribution in [0.2, 0.25) is 10.0 Å². The molecule has 4 aromatic rings. The van der Waals surface area contributed by atoms with Gasteiger partial charge in [0, 0.05) is 6.54 Å². The number of halogens is 2. The van der Waals surface area contributed by atoms with Crippen molar-refractivity contribution >= 4 is 39.9 Å². The summed E-state index contributed by atoms with van der Waals surface area (Å²) in [4.78, 5) is 24.9. The normalized spacial score (nSPS) is 11.5. The monoisotopic (exact) mass is 390 g/mol. The highest BCUT2D eigenvalue weighted by Crippen LogP contribution is 2.17. The fourth-order valence-electron chi connectivity index (χ4n) is 2.89. The lowest BCUT2D eigenvalue weighted by molar-refractivity contribution is 0.611. The first-order valence-corrected chi connectivity index (χ1v) is 8.55. The zero-order chi connectivity index (χ0) is 18.4. The van der Waals surface area contributed by atoms with Gasteiger partial charge in [-0.25, -0.2) is 4.68 Å². The van der Waals surface area contributed by atoms with E-state index >= 15 is 0 Å². The van der Waals surface area contributed by atoms with Gasteiger partial charge in [-0.15, -0.1) is 10.2 Å². The molecule has 0 fully saturated rings. The second kappa shape index (κ2) is 6.22. The Labute approximate surface area is 156 Å². The molecule has 0 N–H and O–H groups in total. The van der Waals surface area contributed by atoms with Crippen LogP contribution in [0.25, 0.3) is 16.7 Å². The lowest BCUT2D eigenvalue weighted by Gasteiger charge is -2.10. The standard InChI is InChI=1S/C16H12Cl2N6O2/c1-2-22-14(25)9-5-3-4-6-11(9)24-12(20-21-16(22)24)8-23-15(26)13(18)10(17)7-19-23/h3-7H,2,8H2,1H3. The van der Waals surface area contributed by atoms with E-state index in [1.807, 2.05) is 19.1 Å². The van der Waals surface area contributed by atoms with Crippen molar-refractivity contribution in [2.24, 2.45) is 0 Å². The lowest BCUT2D eigenvalue weighted by atomic mass is 10.2. The summed E-state index contributed by atoms with van der Waals surface area (Å²) in [5.41, 5.74) is -0.00581. The Morgan fingerprint density at radius 3 is 2.62 bits per heavy atom. The summed E-state index contributed by atoms with van der Waals surface area (Å²) in [5, 5.41) is 12.8. The number of nitrogens with zero attached hydrogens (tertiary/aromatic N) is 6. The molecule has 0 unspecified atom stereocenters. The molecule has 4 rings (SSSR count). The molecule has 0 aliphatic heterocycles. The number of para-hydroxylation sites is 1. The third-order valence-corrected chi connectivity index (χ3v) is 4.87. The number of aromatic nitrogens is 6. The van der Waals surface area contributed by atoms with Crippen LogP contribution in [0.1, 0.15) is 12.7 Å². The first-order chi connectivity index (χ1) is 12.5. The number of rotatable bonds is 3. The van der Waals surface area contributed by atoms with E-state index < -0.39 is 5.56 Å². The van der Waals surface area contributed by atoms with Gasteiger partial charge in [-0.3, -0.25) is 18.6 Å². The van der Waals surface area contributed by atoms with E-state index in [4.69, 9.17) is 23.2 Å². The van der Waals surface area contributed by atoms with E-state index in [9.17, 15) is 9.59 Å². The molecule has 10 heteroatoms. The second-order valence-electron chi connectivity index (χ2n) is 5.59. The van der Waals surface area contributed by atoms with E-state index in [0.717, 1.165) is 4.68 Å². The second-order valence-corrected chi connectivity index (χ2v) is 6.37. The minimum absolute atomic E-state index is 0.0306. The first-order valence-electron chi connectivity index (χ1n) is 7.79. The molecule has 0 amide bonds. The van der Waals surface area contributed by atoms with Crippen molar-refractivity contribution in [3.8, 4) is 0 Å². The highest BCUT2D eigenvalue weighted by molar-refractivity contribution is 6.41. The third kappa shape index (κ3) is 2.41. The van der Waals surface area contributed by atoms with E-state index in [1.165, 1.54) is 10.8 Å². The Morgan fingerprint density at radius 1 is 1.08 bits per heavy atom. The quantitative estimate of drug-likeness (QED) is 0.533. The van der Waals surface area contributed by atoms with Crippen LogP contribution >= 0.6 is 23.2 Å².